The van der Waals surface area contributed by atoms with E-state index in [1.165, 1.54) is 5.57 Å². The van der Waals surface area contributed by atoms with Crippen LogP contribution in [-0.4, -0.2) is 37.0 Å². The van der Waals surface area contributed by atoms with Gasteiger partial charge in [0.2, 0.25) is 5.91 Å². The van der Waals surface area contributed by atoms with Gasteiger partial charge in [-0.1, -0.05) is 73.6 Å². The van der Waals surface area contributed by atoms with Gasteiger partial charge >= 0.3 is 0 Å². The first-order valence-corrected chi connectivity index (χ1v) is 10.3. The second kappa shape index (κ2) is 8.73. The minimum absolute atomic E-state index is 0.0582. The molecule has 1 heterocycles. The van der Waals surface area contributed by atoms with Crippen molar-refractivity contribution >= 4 is 5.91 Å². The van der Waals surface area contributed by atoms with Gasteiger partial charge in [-0.3, -0.25) is 4.79 Å². The molecule has 1 fully saturated rings. The third-order valence-electron chi connectivity index (χ3n) is 5.73. The van der Waals surface area contributed by atoms with Crippen molar-refractivity contribution in [1.29, 1.82) is 0 Å². The molecule has 3 nitrogen and oxygen atoms in total. The third-order valence-corrected chi connectivity index (χ3v) is 5.73. The fourth-order valence-electron chi connectivity index (χ4n) is 4.44. The smallest absolute Gasteiger partial charge is 0.240 e. The van der Waals surface area contributed by atoms with Crippen molar-refractivity contribution in [2.45, 2.75) is 80.7 Å². The maximum absolute atomic E-state index is 13.2. The normalized spacial score (nSPS) is 27.0. The van der Waals surface area contributed by atoms with Crippen molar-refractivity contribution in [3.63, 3.8) is 0 Å². The molecular formula is C23H42N2O. The van der Waals surface area contributed by atoms with Gasteiger partial charge in [0.15, 0.2) is 0 Å². The predicted octanol–water partition coefficient (Wildman–Crippen LogP) is 5.19. The van der Waals surface area contributed by atoms with E-state index in [1.54, 1.807) is 0 Å². The lowest BCUT2D eigenvalue weighted by Crippen LogP contribution is -2.48. The maximum Gasteiger partial charge on any atom is 0.240 e. The molecule has 1 aliphatic heterocycles. The molecule has 1 atom stereocenters. The first-order valence-electron chi connectivity index (χ1n) is 10.3. The summed E-state index contributed by atoms with van der Waals surface area (Å²) in [5, 5.41) is 3.28. The van der Waals surface area contributed by atoms with Gasteiger partial charge in [-0.05, 0) is 42.7 Å². The van der Waals surface area contributed by atoms with Gasteiger partial charge in [-0.2, -0.15) is 0 Å². The summed E-state index contributed by atoms with van der Waals surface area (Å²) < 4.78 is 0. The quantitative estimate of drug-likeness (QED) is 0.749. The average Bonchev–Trinajstić information content (AvgIpc) is 2.88. The molecule has 150 valence electrons. The Kier molecular flexibility index (Phi) is 7.71. The molecule has 1 N–H and O–H groups in total. The molecule has 1 amide bonds. The lowest BCUT2D eigenvalue weighted by molar-refractivity contribution is -0.133. The Hall–Kier alpha value is -1.09. The summed E-state index contributed by atoms with van der Waals surface area (Å²) in [5.74, 6) is 0.256. The minimum Gasteiger partial charge on any atom is -0.337 e. The molecule has 0 aromatic heterocycles. The van der Waals surface area contributed by atoms with Crippen LogP contribution in [0.2, 0.25) is 0 Å². The van der Waals surface area contributed by atoms with Crippen LogP contribution >= 0.6 is 0 Å². The Balaban J connectivity index is 0.00000163. The molecule has 0 aromatic rings. The van der Waals surface area contributed by atoms with E-state index >= 15 is 0 Å². The van der Waals surface area contributed by atoms with Crippen LogP contribution in [0.15, 0.2) is 23.8 Å². The molecule has 0 aromatic carbocycles. The van der Waals surface area contributed by atoms with E-state index < -0.39 is 0 Å². The summed E-state index contributed by atoms with van der Waals surface area (Å²) in [6.45, 7) is 19.3. The Labute approximate surface area is 162 Å². The molecule has 1 unspecified atom stereocenters. The van der Waals surface area contributed by atoms with Gasteiger partial charge in [-0.25, -0.2) is 0 Å². The molecule has 0 bridgehead atoms. The molecule has 2 aliphatic rings. The van der Waals surface area contributed by atoms with Gasteiger partial charge in [0.05, 0.1) is 6.04 Å². The summed E-state index contributed by atoms with van der Waals surface area (Å²) in [4.78, 5) is 15.3. The van der Waals surface area contributed by atoms with E-state index in [4.69, 9.17) is 0 Å². The number of carbonyl (C=O) groups excluding carboxylic acids is 1. The van der Waals surface area contributed by atoms with Gasteiger partial charge in [-0.15, -0.1) is 0 Å². The monoisotopic (exact) mass is 362 g/mol. The van der Waals surface area contributed by atoms with Gasteiger partial charge in [0.1, 0.15) is 0 Å². The molecule has 0 spiro atoms. The number of hydrogen-bond donors (Lipinski definition) is 1. The standard InChI is InChI=1S/C21H36N2O.C2H6/c1-19(2)11-12-23(14-16-9-8-10-21(16,5)6)18(24)17(22-7)13-20(3,4)15-19;1-2/h8-10,17,22H,11-15H2,1-7H3;1-2H3. The number of amides is 1. The Morgan fingerprint density at radius 2 is 1.73 bits per heavy atom. The van der Waals surface area contributed by atoms with Crippen molar-refractivity contribution in [3.05, 3.63) is 23.8 Å². The number of hydrogen-bond acceptors (Lipinski definition) is 2. The van der Waals surface area contributed by atoms with Gasteiger partial charge in [0, 0.05) is 18.5 Å². The highest BCUT2D eigenvalue weighted by atomic mass is 16.2. The summed E-state index contributed by atoms with van der Waals surface area (Å²) >= 11 is 0. The summed E-state index contributed by atoms with van der Waals surface area (Å²) in [6, 6.07) is -0.0908. The summed E-state index contributed by atoms with van der Waals surface area (Å²) in [5.41, 5.74) is 1.81. The Morgan fingerprint density at radius 3 is 2.23 bits per heavy atom. The highest BCUT2D eigenvalue weighted by molar-refractivity contribution is 5.82. The molecule has 3 heteroatoms. The third kappa shape index (κ3) is 5.97. The van der Waals surface area contributed by atoms with E-state index in [-0.39, 0.29) is 28.2 Å². The van der Waals surface area contributed by atoms with Gasteiger partial charge in [0.25, 0.3) is 0 Å². The molecular weight excluding hydrogens is 320 g/mol. The van der Waals surface area contributed by atoms with Gasteiger partial charge < -0.3 is 10.2 Å². The van der Waals surface area contributed by atoms with Crippen LogP contribution in [0.25, 0.3) is 0 Å². The van der Waals surface area contributed by atoms with Crippen molar-refractivity contribution in [3.8, 4) is 0 Å². The molecule has 2 rings (SSSR count). The van der Waals surface area contributed by atoms with Crippen LogP contribution in [0.4, 0.5) is 0 Å². The average molecular weight is 363 g/mol. The lowest BCUT2D eigenvalue weighted by Gasteiger charge is -2.35. The Morgan fingerprint density at radius 1 is 1.12 bits per heavy atom. The number of likely N-dealkylation sites (N-methyl/N-ethyl adjacent to an activating group) is 1. The van der Waals surface area contributed by atoms with Crippen molar-refractivity contribution < 1.29 is 4.79 Å². The zero-order chi connectivity index (χ0) is 20.2. The van der Waals surface area contributed by atoms with Crippen LogP contribution in [-0.2, 0) is 4.79 Å². The van der Waals surface area contributed by atoms with Crippen LogP contribution < -0.4 is 5.32 Å². The fraction of sp³-hybridized carbons (Fsp3) is 0.783. The lowest BCUT2D eigenvalue weighted by atomic mass is 9.71. The number of nitrogens with zero attached hydrogens (tertiary/aromatic N) is 1. The SMILES string of the molecule is CC.CNC1CC(C)(C)CC(C)(C)CCN(CC2=CC=CC2(C)C)C1=O. The number of nitrogens with one attached hydrogen (secondary N) is 1. The second-order valence-electron chi connectivity index (χ2n) is 9.83. The molecule has 26 heavy (non-hydrogen) atoms. The molecule has 1 aliphatic carbocycles. The van der Waals surface area contributed by atoms with E-state index in [9.17, 15) is 4.79 Å². The minimum atomic E-state index is -0.0908. The fourth-order valence-corrected chi connectivity index (χ4v) is 4.44. The largest absolute Gasteiger partial charge is 0.337 e. The summed E-state index contributed by atoms with van der Waals surface area (Å²) in [7, 11) is 1.92. The maximum atomic E-state index is 13.2. The highest BCUT2D eigenvalue weighted by Gasteiger charge is 2.37. The summed E-state index contributed by atoms with van der Waals surface area (Å²) in [6.07, 6.45) is 9.63. The van der Waals surface area contributed by atoms with Crippen LogP contribution in [0.1, 0.15) is 74.7 Å². The van der Waals surface area contributed by atoms with Crippen LogP contribution in [0, 0.1) is 16.2 Å². The second-order valence-corrected chi connectivity index (χ2v) is 9.83. The van der Waals surface area contributed by atoms with Crippen molar-refractivity contribution in [2.75, 3.05) is 20.1 Å². The number of allylic oxidation sites excluding steroid dienone is 3. The van der Waals surface area contributed by atoms with E-state index in [1.807, 2.05) is 20.9 Å². The first kappa shape index (κ1) is 23.0. The molecule has 0 radical (unpaired) electrons. The van der Waals surface area contributed by atoms with Crippen molar-refractivity contribution in [1.82, 2.24) is 10.2 Å². The van der Waals surface area contributed by atoms with Crippen LogP contribution in [0.5, 0.6) is 0 Å². The topological polar surface area (TPSA) is 32.3 Å². The zero-order valence-electron chi connectivity index (χ0n) is 18.7. The Bertz CT molecular complexity index is 540. The molecule has 0 saturated carbocycles. The molecule has 1 saturated heterocycles. The number of rotatable bonds is 3. The van der Waals surface area contributed by atoms with Crippen LogP contribution in [0.3, 0.4) is 0 Å². The zero-order valence-corrected chi connectivity index (χ0v) is 18.7. The predicted molar refractivity (Wildman–Crippen MR) is 113 cm³/mol. The highest BCUT2D eigenvalue weighted by Crippen LogP contribution is 2.41. The van der Waals surface area contributed by atoms with Crippen molar-refractivity contribution in [2.24, 2.45) is 16.2 Å². The van der Waals surface area contributed by atoms with E-state index in [0.29, 0.717) is 0 Å². The van der Waals surface area contributed by atoms with E-state index in [2.05, 4.69) is 70.0 Å². The number of carbonyl (C=O) groups is 1. The first-order chi connectivity index (χ1) is 12.0. The van der Waals surface area contributed by atoms with E-state index in [0.717, 1.165) is 32.4 Å².